The van der Waals surface area contributed by atoms with Crippen LogP contribution in [-0.2, 0) is 9.47 Å². The molecule has 2 unspecified atom stereocenters. The van der Waals surface area contributed by atoms with Crippen molar-refractivity contribution >= 4 is 11.6 Å². The topological polar surface area (TPSA) is 25.1 Å². The molecule has 2 aliphatic heterocycles. The van der Waals surface area contributed by atoms with Crippen LogP contribution >= 0.6 is 11.6 Å². The van der Waals surface area contributed by atoms with Crippen molar-refractivity contribution < 1.29 is 9.47 Å². The fraction of sp³-hybridized carbons (Fsp3) is 0.455. The Morgan fingerprint density at radius 3 is 2.14 bits per heavy atom. The summed E-state index contributed by atoms with van der Waals surface area (Å²) in [5, 5.41) is 0. The minimum atomic E-state index is 0.400. The summed E-state index contributed by atoms with van der Waals surface area (Å²) in [6.45, 7) is 1.79. The van der Waals surface area contributed by atoms with Gasteiger partial charge in [-0.3, -0.25) is 0 Å². The maximum atomic E-state index is 5.27. The summed E-state index contributed by atoms with van der Waals surface area (Å²) in [5.74, 6) is 0.667. The van der Waals surface area contributed by atoms with Crippen LogP contribution in [0.25, 0.3) is 0 Å². The Labute approximate surface area is 88.8 Å². The second-order valence-corrected chi connectivity index (χ2v) is 3.65. The summed E-state index contributed by atoms with van der Waals surface area (Å²) in [6, 6.07) is 10.3. The molecule has 3 heteroatoms. The van der Waals surface area contributed by atoms with Crippen molar-refractivity contribution in [2.75, 3.05) is 19.1 Å². The van der Waals surface area contributed by atoms with Gasteiger partial charge in [-0.1, -0.05) is 30.3 Å². The first-order chi connectivity index (χ1) is 6.90. The lowest BCUT2D eigenvalue weighted by Crippen LogP contribution is -1.80. The summed E-state index contributed by atoms with van der Waals surface area (Å²) in [6.07, 6.45) is 0.808. The van der Waals surface area contributed by atoms with E-state index in [0.717, 1.165) is 13.2 Å². The average molecular weight is 213 g/mol. The molecule has 2 saturated heterocycles. The van der Waals surface area contributed by atoms with Gasteiger partial charge in [0.05, 0.1) is 25.2 Å². The van der Waals surface area contributed by atoms with E-state index in [1.54, 1.807) is 0 Å². The molecule has 76 valence electrons. The summed E-state index contributed by atoms with van der Waals surface area (Å²) in [5.41, 5.74) is 1.30. The van der Waals surface area contributed by atoms with E-state index in [1.165, 1.54) is 5.56 Å². The average Bonchev–Trinajstić information content (AvgIpc) is 3.11. The Bertz CT molecular complexity index is 268. The van der Waals surface area contributed by atoms with Gasteiger partial charge in [0.1, 0.15) is 6.10 Å². The van der Waals surface area contributed by atoms with E-state index in [9.17, 15) is 0 Å². The number of hydrogen-bond acceptors (Lipinski definition) is 2. The molecule has 0 radical (unpaired) electrons. The Hall–Kier alpha value is -0.570. The number of rotatable bonds is 2. The summed E-state index contributed by atoms with van der Waals surface area (Å²) < 4.78 is 9.82. The molecule has 2 nitrogen and oxygen atoms in total. The second-order valence-electron chi connectivity index (χ2n) is 3.34. The molecular weight excluding hydrogens is 200 g/mol. The molecule has 2 aliphatic rings. The molecule has 0 N–H and O–H groups in total. The molecule has 0 bridgehead atoms. The number of epoxide rings is 2. The van der Waals surface area contributed by atoms with E-state index in [4.69, 9.17) is 21.1 Å². The van der Waals surface area contributed by atoms with E-state index in [0.29, 0.717) is 18.1 Å². The number of benzene rings is 1. The zero-order valence-electron chi connectivity index (χ0n) is 7.86. The predicted molar refractivity (Wildman–Crippen MR) is 55.6 cm³/mol. The van der Waals surface area contributed by atoms with Gasteiger partial charge in [-0.2, -0.15) is 0 Å². The molecule has 14 heavy (non-hydrogen) atoms. The van der Waals surface area contributed by atoms with Crippen molar-refractivity contribution in [1.29, 1.82) is 0 Å². The first-order valence-electron chi connectivity index (χ1n) is 4.74. The molecule has 0 spiro atoms. The maximum Gasteiger partial charge on any atom is 0.106 e. The molecule has 0 aromatic heterocycles. The summed E-state index contributed by atoms with van der Waals surface area (Å²) in [4.78, 5) is 0. The molecule has 2 atom stereocenters. The number of hydrogen-bond donors (Lipinski definition) is 0. The molecule has 1 aromatic carbocycles. The van der Waals surface area contributed by atoms with Gasteiger partial charge in [0.15, 0.2) is 0 Å². The zero-order chi connectivity index (χ0) is 9.80. The van der Waals surface area contributed by atoms with Crippen LogP contribution in [0.15, 0.2) is 30.3 Å². The van der Waals surface area contributed by atoms with Gasteiger partial charge in [-0.05, 0) is 5.56 Å². The molecular formula is C11H13ClO2. The second kappa shape index (κ2) is 4.78. The Kier molecular flexibility index (Phi) is 3.40. The zero-order valence-corrected chi connectivity index (χ0v) is 8.61. The molecule has 0 saturated carbocycles. The third-order valence-corrected chi connectivity index (χ3v) is 2.42. The third kappa shape index (κ3) is 3.29. The largest absolute Gasteiger partial charge is 0.372 e. The molecule has 2 fully saturated rings. The number of alkyl halides is 1. The van der Waals surface area contributed by atoms with E-state index in [2.05, 4.69) is 12.1 Å². The monoisotopic (exact) mass is 212 g/mol. The molecule has 0 amide bonds. The lowest BCUT2D eigenvalue weighted by Gasteiger charge is -1.89. The molecule has 0 aliphatic carbocycles. The first kappa shape index (κ1) is 9.97. The van der Waals surface area contributed by atoms with Crippen LogP contribution in [0.2, 0.25) is 0 Å². The van der Waals surface area contributed by atoms with E-state index in [-0.39, 0.29) is 0 Å². The van der Waals surface area contributed by atoms with Crippen molar-refractivity contribution in [2.24, 2.45) is 0 Å². The van der Waals surface area contributed by atoms with Gasteiger partial charge in [0, 0.05) is 0 Å². The van der Waals surface area contributed by atoms with Crippen LogP contribution in [0, 0.1) is 0 Å². The van der Waals surface area contributed by atoms with Crippen molar-refractivity contribution in [2.45, 2.75) is 12.2 Å². The van der Waals surface area contributed by atoms with Gasteiger partial charge in [-0.15, -0.1) is 11.6 Å². The van der Waals surface area contributed by atoms with Crippen molar-refractivity contribution in [3.8, 4) is 0 Å². The third-order valence-electron chi connectivity index (χ3n) is 2.08. The Morgan fingerprint density at radius 2 is 1.79 bits per heavy atom. The van der Waals surface area contributed by atoms with E-state index < -0.39 is 0 Å². The highest BCUT2D eigenvalue weighted by molar-refractivity contribution is 6.18. The van der Waals surface area contributed by atoms with Crippen LogP contribution in [0.1, 0.15) is 11.7 Å². The highest BCUT2D eigenvalue weighted by Crippen LogP contribution is 2.28. The van der Waals surface area contributed by atoms with Crippen molar-refractivity contribution in [3.63, 3.8) is 0 Å². The lowest BCUT2D eigenvalue weighted by molar-refractivity contribution is 0.415. The molecule has 3 rings (SSSR count). The van der Waals surface area contributed by atoms with Crippen molar-refractivity contribution in [1.82, 2.24) is 0 Å². The summed E-state index contributed by atoms with van der Waals surface area (Å²) >= 11 is 5.27. The van der Waals surface area contributed by atoms with Gasteiger partial charge >= 0.3 is 0 Å². The van der Waals surface area contributed by atoms with E-state index >= 15 is 0 Å². The smallest absolute Gasteiger partial charge is 0.106 e. The minimum Gasteiger partial charge on any atom is -0.372 e. The quantitative estimate of drug-likeness (QED) is 0.556. The highest BCUT2D eigenvalue weighted by atomic mass is 35.5. The van der Waals surface area contributed by atoms with Gasteiger partial charge in [0.25, 0.3) is 0 Å². The van der Waals surface area contributed by atoms with Crippen LogP contribution in [0.5, 0.6) is 0 Å². The molecule has 2 heterocycles. The van der Waals surface area contributed by atoms with Gasteiger partial charge in [-0.25, -0.2) is 0 Å². The minimum absolute atomic E-state index is 0.400. The lowest BCUT2D eigenvalue weighted by atomic mass is 10.2. The van der Waals surface area contributed by atoms with Gasteiger partial charge in [0.2, 0.25) is 0 Å². The SMILES string of the molecule is ClCC1CO1.c1ccc(C2CO2)cc1. The number of ether oxygens (including phenoxy) is 2. The highest BCUT2D eigenvalue weighted by Gasteiger charge is 2.23. The fourth-order valence-corrected chi connectivity index (χ4v) is 1.24. The fourth-order valence-electron chi connectivity index (χ4n) is 1.07. The van der Waals surface area contributed by atoms with Crippen LogP contribution in [-0.4, -0.2) is 25.2 Å². The maximum absolute atomic E-state index is 5.27. The number of halogens is 1. The Morgan fingerprint density at radius 1 is 1.14 bits per heavy atom. The molecule has 1 aromatic rings. The Balaban J connectivity index is 0.000000128. The first-order valence-corrected chi connectivity index (χ1v) is 5.27. The van der Waals surface area contributed by atoms with Crippen LogP contribution in [0.3, 0.4) is 0 Å². The van der Waals surface area contributed by atoms with Crippen LogP contribution < -0.4 is 0 Å². The van der Waals surface area contributed by atoms with Crippen molar-refractivity contribution in [3.05, 3.63) is 35.9 Å². The van der Waals surface area contributed by atoms with E-state index in [1.807, 2.05) is 18.2 Å². The summed E-state index contributed by atoms with van der Waals surface area (Å²) in [7, 11) is 0. The standard InChI is InChI=1S/C8H8O.C3H5ClO/c1-2-4-7(5-3-1)8-6-9-8;4-1-3-2-5-3/h1-5,8H,6H2;3H,1-2H2. The normalized spacial score (nSPS) is 27.5. The predicted octanol–water partition coefficient (Wildman–Crippen LogP) is 2.38. The van der Waals surface area contributed by atoms with Gasteiger partial charge < -0.3 is 9.47 Å². The van der Waals surface area contributed by atoms with Crippen LogP contribution in [0.4, 0.5) is 0 Å².